The standard InChI is InChI=1S/C6H16BN2O6S2/c10-16(11,12)5-1-3-8-7-9-4-2-6-17(13,14)15/h8-9H,1-6H2,(H,10,11,12)(H,13,14,15). The lowest BCUT2D eigenvalue weighted by atomic mass is 10.1. The minimum atomic E-state index is -3.91. The highest BCUT2D eigenvalue weighted by molar-refractivity contribution is 7.86. The van der Waals surface area contributed by atoms with E-state index >= 15 is 0 Å². The lowest BCUT2D eigenvalue weighted by Gasteiger charge is -2.03. The molecular formula is C6H16BN2O6S2. The molecule has 0 spiro atoms. The fourth-order valence-corrected chi connectivity index (χ4v) is 1.95. The highest BCUT2D eigenvalue weighted by Crippen LogP contribution is 1.86. The van der Waals surface area contributed by atoms with Gasteiger partial charge in [0.15, 0.2) is 0 Å². The highest BCUT2D eigenvalue weighted by atomic mass is 32.2. The Morgan fingerprint density at radius 1 is 0.824 bits per heavy atom. The van der Waals surface area contributed by atoms with E-state index in [0.717, 1.165) is 0 Å². The largest absolute Gasteiger partial charge is 0.346 e. The zero-order chi connectivity index (χ0) is 13.4. The van der Waals surface area contributed by atoms with Gasteiger partial charge in [-0.2, -0.15) is 16.8 Å². The number of hydrogen-bond acceptors (Lipinski definition) is 6. The summed E-state index contributed by atoms with van der Waals surface area (Å²) in [5, 5.41) is 5.46. The molecule has 0 atom stereocenters. The Hall–Kier alpha value is -0.195. The lowest BCUT2D eigenvalue weighted by Crippen LogP contribution is -2.35. The molecule has 0 aromatic carbocycles. The smallest absolute Gasteiger partial charge is 0.307 e. The molecule has 0 aliphatic rings. The van der Waals surface area contributed by atoms with Crippen molar-refractivity contribution in [1.29, 1.82) is 0 Å². The summed E-state index contributed by atoms with van der Waals surface area (Å²) < 4.78 is 58.1. The van der Waals surface area contributed by atoms with Crippen LogP contribution in [0.4, 0.5) is 0 Å². The zero-order valence-electron chi connectivity index (χ0n) is 9.16. The summed E-state index contributed by atoms with van der Waals surface area (Å²) in [7, 11) is -6.37. The predicted octanol–water partition coefficient (Wildman–Crippen LogP) is -1.74. The fraction of sp³-hybridized carbons (Fsp3) is 1.00. The summed E-state index contributed by atoms with van der Waals surface area (Å²) in [5.41, 5.74) is 0. The molecule has 0 aliphatic heterocycles. The van der Waals surface area contributed by atoms with Crippen LogP contribution in [0.3, 0.4) is 0 Å². The third-order valence-corrected chi connectivity index (χ3v) is 3.26. The van der Waals surface area contributed by atoms with E-state index in [9.17, 15) is 16.8 Å². The first-order valence-corrected chi connectivity index (χ1v) is 8.11. The van der Waals surface area contributed by atoms with Crippen molar-refractivity contribution in [2.75, 3.05) is 24.6 Å². The average Bonchev–Trinajstić information content (AvgIpc) is 2.11. The van der Waals surface area contributed by atoms with Crippen molar-refractivity contribution in [3.63, 3.8) is 0 Å². The molecule has 0 unspecified atom stereocenters. The van der Waals surface area contributed by atoms with Gasteiger partial charge in [0.2, 0.25) is 0 Å². The van der Waals surface area contributed by atoms with Gasteiger partial charge in [0.05, 0.1) is 11.5 Å². The monoisotopic (exact) mass is 287 g/mol. The maximum absolute atomic E-state index is 10.3. The summed E-state index contributed by atoms with van der Waals surface area (Å²) in [6, 6.07) is 0. The topological polar surface area (TPSA) is 133 Å². The third-order valence-electron chi connectivity index (χ3n) is 1.65. The van der Waals surface area contributed by atoms with Crippen molar-refractivity contribution >= 4 is 27.8 Å². The van der Waals surface area contributed by atoms with Crippen molar-refractivity contribution < 1.29 is 25.9 Å². The minimum Gasteiger partial charge on any atom is -0.346 e. The van der Waals surface area contributed by atoms with Crippen LogP contribution in [0.5, 0.6) is 0 Å². The molecule has 0 rings (SSSR count). The van der Waals surface area contributed by atoms with E-state index in [1.807, 2.05) is 0 Å². The van der Waals surface area contributed by atoms with Crippen LogP contribution < -0.4 is 10.5 Å². The summed E-state index contributed by atoms with van der Waals surface area (Å²) in [5.74, 6) is -0.618. The van der Waals surface area contributed by atoms with Gasteiger partial charge in [0.25, 0.3) is 20.2 Å². The van der Waals surface area contributed by atoms with Crippen LogP contribution in [0.25, 0.3) is 0 Å². The molecule has 0 amide bonds. The fourth-order valence-electron chi connectivity index (χ4n) is 0.930. The van der Waals surface area contributed by atoms with E-state index in [1.54, 1.807) is 0 Å². The van der Waals surface area contributed by atoms with E-state index in [-0.39, 0.29) is 24.3 Å². The maximum atomic E-state index is 10.3. The van der Waals surface area contributed by atoms with E-state index < -0.39 is 20.2 Å². The van der Waals surface area contributed by atoms with Crippen LogP contribution in [-0.4, -0.2) is 58.1 Å². The Labute approximate surface area is 102 Å². The SMILES string of the molecule is O=S(=O)(O)CCCN[B]NCCCS(=O)(=O)O. The minimum absolute atomic E-state index is 0.266. The first kappa shape index (κ1) is 16.8. The second-order valence-corrected chi connectivity index (χ2v) is 6.48. The Balaban J connectivity index is 3.25. The molecule has 1 radical (unpaired) electrons. The molecular weight excluding hydrogens is 271 g/mol. The van der Waals surface area contributed by atoms with Crippen molar-refractivity contribution in [3.8, 4) is 0 Å². The summed E-state index contributed by atoms with van der Waals surface area (Å²) >= 11 is 0. The highest BCUT2D eigenvalue weighted by Gasteiger charge is 2.04. The van der Waals surface area contributed by atoms with Crippen LogP contribution >= 0.6 is 0 Å². The third kappa shape index (κ3) is 15.8. The number of rotatable bonds is 10. The van der Waals surface area contributed by atoms with Crippen molar-refractivity contribution in [2.45, 2.75) is 12.8 Å². The van der Waals surface area contributed by atoms with E-state index in [2.05, 4.69) is 10.5 Å². The molecule has 17 heavy (non-hydrogen) atoms. The van der Waals surface area contributed by atoms with Crippen molar-refractivity contribution in [3.05, 3.63) is 0 Å². The molecule has 11 heteroatoms. The number of hydrogen-bond donors (Lipinski definition) is 4. The van der Waals surface area contributed by atoms with Gasteiger partial charge >= 0.3 is 7.55 Å². The van der Waals surface area contributed by atoms with Gasteiger partial charge in [-0.1, -0.05) is 0 Å². The molecule has 0 bridgehead atoms. The van der Waals surface area contributed by atoms with E-state index in [1.165, 1.54) is 7.55 Å². The van der Waals surface area contributed by atoms with Crippen LogP contribution in [-0.2, 0) is 20.2 Å². The Kier molecular flexibility index (Phi) is 7.91. The Bertz CT molecular complexity index is 357. The van der Waals surface area contributed by atoms with Crippen molar-refractivity contribution in [2.24, 2.45) is 0 Å². The molecule has 0 aromatic heterocycles. The Morgan fingerprint density at radius 3 is 1.47 bits per heavy atom. The molecule has 0 heterocycles. The van der Waals surface area contributed by atoms with Gasteiger partial charge in [-0.15, -0.1) is 0 Å². The lowest BCUT2D eigenvalue weighted by molar-refractivity contribution is 0.479. The predicted molar refractivity (Wildman–Crippen MR) is 63.8 cm³/mol. The summed E-state index contributed by atoms with van der Waals surface area (Å²) in [6.45, 7) is 0.732. The maximum Gasteiger partial charge on any atom is 0.307 e. The second-order valence-electron chi connectivity index (χ2n) is 3.33. The number of nitrogens with one attached hydrogen (secondary N) is 2. The van der Waals surface area contributed by atoms with Gasteiger partial charge in [-0.3, -0.25) is 9.11 Å². The van der Waals surface area contributed by atoms with Crippen LogP contribution in [0, 0.1) is 0 Å². The van der Waals surface area contributed by atoms with E-state index in [4.69, 9.17) is 9.11 Å². The van der Waals surface area contributed by atoms with Gasteiger partial charge in [-0.25, -0.2) is 0 Å². The second kappa shape index (κ2) is 8.00. The van der Waals surface area contributed by atoms with Crippen LogP contribution in [0.1, 0.15) is 12.8 Å². The van der Waals surface area contributed by atoms with Crippen molar-refractivity contribution in [1.82, 2.24) is 10.5 Å². The van der Waals surface area contributed by atoms with Gasteiger partial charge in [0.1, 0.15) is 0 Å². The summed E-state index contributed by atoms with van der Waals surface area (Å²) in [6.07, 6.45) is 0.532. The van der Waals surface area contributed by atoms with Gasteiger partial charge in [-0.05, 0) is 25.9 Å². The van der Waals surface area contributed by atoms with E-state index in [0.29, 0.717) is 13.1 Å². The molecule has 4 N–H and O–H groups in total. The van der Waals surface area contributed by atoms with Gasteiger partial charge in [0, 0.05) is 0 Å². The molecule has 0 aliphatic carbocycles. The first-order valence-electron chi connectivity index (χ1n) is 4.89. The quantitative estimate of drug-likeness (QED) is 0.211. The van der Waals surface area contributed by atoms with Gasteiger partial charge < -0.3 is 10.5 Å². The molecule has 0 saturated heterocycles. The average molecular weight is 287 g/mol. The molecule has 0 fully saturated rings. The zero-order valence-corrected chi connectivity index (χ0v) is 10.8. The Morgan fingerprint density at radius 2 is 1.18 bits per heavy atom. The summed E-state index contributed by atoms with van der Waals surface area (Å²) in [4.78, 5) is 0. The molecule has 8 nitrogen and oxygen atoms in total. The molecule has 0 aromatic rings. The molecule has 101 valence electrons. The first-order chi connectivity index (χ1) is 7.71. The normalized spacial score (nSPS) is 12.6. The van der Waals surface area contributed by atoms with Crippen LogP contribution in [0.15, 0.2) is 0 Å². The van der Waals surface area contributed by atoms with Crippen LogP contribution in [0.2, 0.25) is 0 Å². The molecule has 0 saturated carbocycles.